The highest BCUT2D eigenvalue weighted by Gasteiger charge is 2.49. The summed E-state index contributed by atoms with van der Waals surface area (Å²) in [6.45, 7) is 0.558. The maximum absolute atomic E-state index is 12.8. The van der Waals surface area contributed by atoms with Gasteiger partial charge in [-0.05, 0) is 30.3 Å². The van der Waals surface area contributed by atoms with Gasteiger partial charge < -0.3 is 9.32 Å². The third-order valence-corrected chi connectivity index (χ3v) is 6.66. The van der Waals surface area contributed by atoms with E-state index < -0.39 is 15.9 Å². The zero-order valence-electron chi connectivity index (χ0n) is 13.3. The lowest BCUT2D eigenvalue weighted by Crippen LogP contribution is -2.61. The van der Waals surface area contributed by atoms with Crippen LogP contribution in [-0.2, 0) is 21.2 Å². The lowest BCUT2D eigenvalue weighted by Gasteiger charge is -2.43. The molecule has 2 atom stereocenters. The summed E-state index contributed by atoms with van der Waals surface area (Å²) in [5.41, 5.74) is 0.641. The minimum absolute atomic E-state index is 0.0371. The van der Waals surface area contributed by atoms with Crippen molar-refractivity contribution in [3.8, 4) is 0 Å². The number of nitrogens with zero attached hydrogens (tertiary/aromatic N) is 2. The second kappa shape index (κ2) is 6.16. The second-order valence-electron chi connectivity index (χ2n) is 6.44. The largest absolute Gasteiger partial charge is 0.468 e. The van der Waals surface area contributed by atoms with E-state index in [9.17, 15) is 13.2 Å². The Morgan fingerprint density at radius 3 is 2.68 bits per heavy atom. The van der Waals surface area contributed by atoms with Gasteiger partial charge in [-0.2, -0.15) is 0 Å². The fourth-order valence-electron chi connectivity index (χ4n) is 3.70. The maximum atomic E-state index is 12.8. The predicted molar refractivity (Wildman–Crippen MR) is 94.3 cm³/mol. The van der Waals surface area contributed by atoms with Crippen LogP contribution in [0.4, 0.5) is 5.69 Å². The first-order valence-corrected chi connectivity index (χ1v) is 10.2. The first-order chi connectivity index (χ1) is 11.9. The smallest absolute Gasteiger partial charge is 0.241 e. The first-order valence-electron chi connectivity index (χ1n) is 7.97. The number of benzene rings is 1. The van der Waals surface area contributed by atoms with Crippen LogP contribution in [0.3, 0.4) is 0 Å². The predicted octanol–water partition coefficient (Wildman–Crippen LogP) is 1.95. The van der Waals surface area contributed by atoms with Crippen molar-refractivity contribution in [1.29, 1.82) is 0 Å². The van der Waals surface area contributed by atoms with Crippen LogP contribution in [0, 0.1) is 0 Å². The van der Waals surface area contributed by atoms with Crippen molar-refractivity contribution in [1.82, 2.24) is 4.90 Å². The average molecular weight is 381 g/mol. The number of hydrogen-bond donors (Lipinski definition) is 0. The van der Waals surface area contributed by atoms with Gasteiger partial charge in [0.1, 0.15) is 5.76 Å². The maximum Gasteiger partial charge on any atom is 0.241 e. The lowest BCUT2D eigenvalue weighted by atomic mass is 10.0. The number of anilines is 1. The highest BCUT2D eigenvalue weighted by atomic mass is 35.5. The van der Waals surface area contributed by atoms with Crippen LogP contribution in [0.2, 0.25) is 5.02 Å². The van der Waals surface area contributed by atoms with Crippen LogP contribution >= 0.6 is 11.6 Å². The molecule has 25 heavy (non-hydrogen) atoms. The summed E-state index contributed by atoms with van der Waals surface area (Å²) in [6, 6.07) is 9.91. The molecule has 1 aromatic carbocycles. The van der Waals surface area contributed by atoms with E-state index in [0.29, 0.717) is 23.0 Å². The molecule has 132 valence electrons. The summed E-state index contributed by atoms with van der Waals surface area (Å²) < 4.78 is 29.9. The molecular weight excluding hydrogens is 364 g/mol. The number of fused-ring (bicyclic) bond motifs is 1. The molecule has 0 bridgehead atoms. The molecule has 0 aliphatic carbocycles. The fourth-order valence-corrected chi connectivity index (χ4v) is 5.86. The molecule has 3 heterocycles. The number of amides is 1. The van der Waals surface area contributed by atoms with E-state index in [-0.39, 0.29) is 30.0 Å². The molecule has 2 aromatic rings. The van der Waals surface area contributed by atoms with Crippen molar-refractivity contribution in [3.63, 3.8) is 0 Å². The first kappa shape index (κ1) is 16.6. The average Bonchev–Trinajstić information content (AvgIpc) is 3.14. The Labute approximate surface area is 150 Å². The van der Waals surface area contributed by atoms with Gasteiger partial charge in [-0.25, -0.2) is 8.42 Å². The van der Waals surface area contributed by atoms with Crippen molar-refractivity contribution in [2.24, 2.45) is 0 Å². The number of piperazine rings is 1. The summed E-state index contributed by atoms with van der Waals surface area (Å²) in [5, 5.41) is 0.515. The molecule has 2 saturated heterocycles. The van der Waals surface area contributed by atoms with E-state index in [2.05, 4.69) is 0 Å². The zero-order chi connectivity index (χ0) is 17.6. The van der Waals surface area contributed by atoms with Crippen LogP contribution in [0.5, 0.6) is 0 Å². The van der Waals surface area contributed by atoms with Gasteiger partial charge in [0.2, 0.25) is 5.91 Å². The SMILES string of the molecule is O=C1CN(Cc2ccco2)[C@@H]2CS(=O)(=O)C[C@H]2N1c1cccc(Cl)c1. The topological polar surface area (TPSA) is 70.8 Å². The number of hydrogen-bond acceptors (Lipinski definition) is 5. The molecule has 1 aromatic heterocycles. The van der Waals surface area contributed by atoms with Gasteiger partial charge in [0.05, 0.1) is 36.9 Å². The molecule has 2 aliphatic rings. The second-order valence-corrected chi connectivity index (χ2v) is 9.03. The Balaban J connectivity index is 1.69. The van der Waals surface area contributed by atoms with Gasteiger partial charge in [-0.15, -0.1) is 0 Å². The number of carbonyl (C=O) groups is 1. The van der Waals surface area contributed by atoms with E-state index in [0.717, 1.165) is 0 Å². The third kappa shape index (κ3) is 3.19. The van der Waals surface area contributed by atoms with Crippen molar-refractivity contribution in [3.05, 3.63) is 53.4 Å². The molecule has 1 amide bonds. The highest BCUT2D eigenvalue weighted by Crippen LogP contribution is 2.33. The molecule has 0 saturated carbocycles. The normalized spacial score (nSPS) is 26.0. The molecule has 0 unspecified atom stereocenters. The molecule has 8 heteroatoms. The number of rotatable bonds is 3. The Kier molecular flexibility index (Phi) is 4.10. The van der Waals surface area contributed by atoms with Crippen molar-refractivity contribution in [2.45, 2.75) is 18.6 Å². The van der Waals surface area contributed by atoms with E-state index >= 15 is 0 Å². The number of furan rings is 1. The Morgan fingerprint density at radius 1 is 1.16 bits per heavy atom. The Hall–Kier alpha value is -1.83. The van der Waals surface area contributed by atoms with Gasteiger partial charge in [0, 0.05) is 16.8 Å². The molecule has 2 fully saturated rings. The number of carbonyl (C=O) groups excluding carboxylic acids is 1. The molecule has 2 aliphatic heterocycles. The quantitative estimate of drug-likeness (QED) is 0.813. The van der Waals surface area contributed by atoms with E-state index in [1.807, 2.05) is 11.0 Å². The van der Waals surface area contributed by atoms with Crippen molar-refractivity contribution in [2.75, 3.05) is 23.0 Å². The third-order valence-electron chi connectivity index (χ3n) is 4.73. The van der Waals surface area contributed by atoms with Gasteiger partial charge in [0.15, 0.2) is 9.84 Å². The van der Waals surface area contributed by atoms with Gasteiger partial charge in [-0.1, -0.05) is 17.7 Å². The standard InChI is InChI=1S/C17H17ClN2O4S/c18-12-3-1-4-13(7-12)20-16-11-25(22,23)10-15(16)19(9-17(20)21)8-14-5-2-6-24-14/h1-7,15-16H,8-11H2/t15-,16-/m1/s1. The van der Waals surface area contributed by atoms with Crippen LogP contribution in [0.1, 0.15) is 5.76 Å². The van der Waals surface area contributed by atoms with Gasteiger partial charge in [-0.3, -0.25) is 9.69 Å². The molecule has 6 nitrogen and oxygen atoms in total. The fraction of sp³-hybridized carbons (Fsp3) is 0.353. The van der Waals surface area contributed by atoms with Gasteiger partial charge in [0.25, 0.3) is 0 Å². The van der Waals surface area contributed by atoms with Crippen LogP contribution in [-0.4, -0.2) is 49.4 Å². The minimum atomic E-state index is -3.21. The summed E-state index contributed by atoms with van der Waals surface area (Å²) >= 11 is 6.06. The van der Waals surface area contributed by atoms with Crippen molar-refractivity contribution < 1.29 is 17.6 Å². The number of halogens is 1. The zero-order valence-corrected chi connectivity index (χ0v) is 14.9. The van der Waals surface area contributed by atoms with E-state index in [1.165, 1.54) is 0 Å². The Bertz CT molecular complexity index is 897. The molecule has 0 N–H and O–H groups in total. The molecular formula is C17H17ClN2O4S. The summed E-state index contributed by atoms with van der Waals surface area (Å²) in [4.78, 5) is 16.3. The van der Waals surface area contributed by atoms with Crippen LogP contribution in [0.25, 0.3) is 0 Å². The summed E-state index contributed by atoms with van der Waals surface area (Å²) in [7, 11) is -3.21. The molecule has 0 spiro atoms. The van der Waals surface area contributed by atoms with E-state index in [4.69, 9.17) is 16.0 Å². The minimum Gasteiger partial charge on any atom is -0.468 e. The van der Waals surface area contributed by atoms with Crippen LogP contribution in [0.15, 0.2) is 47.1 Å². The van der Waals surface area contributed by atoms with Crippen LogP contribution < -0.4 is 4.90 Å². The number of sulfone groups is 1. The monoisotopic (exact) mass is 380 g/mol. The van der Waals surface area contributed by atoms with Gasteiger partial charge >= 0.3 is 0 Å². The highest BCUT2D eigenvalue weighted by molar-refractivity contribution is 7.91. The summed E-state index contributed by atoms with van der Waals surface area (Å²) in [5.74, 6) is 0.590. The molecule has 0 radical (unpaired) electrons. The lowest BCUT2D eigenvalue weighted by molar-refractivity contribution is -0.123. The molecule has 4 rings (SSSR count). The summed E-state index contributed by atoms with van der Waals surface area (Å²) in [6.07, 6.45) is 1.57. The Morgan fingerprint density at radius 2 is 1.96 bits per heavy atom. The van der Waals surface area contributed by atoms with Crippen molar-refractivity contribution >= 4 is 33.0 Å². The van der Waals surface area contributed by atoms with E-state index in [1.54, 1.807) is 41.5 Å².